The lowest BCUT2D eigenvalue weighted by Gasteiger charge is -2.23. The number of amides is 1. The fourth-order valence-electron chi connectivity index (χ4n) is 3.48. The van der Waals surface area contributed by atoms with Crippen LogP contribution in [-0.2, 0) is 16.6 Å². The molecule has 0 saturated heterocycles. The summed E-state index contributed by atoms with van der Waals surface area (Å²) in [6.07, 6.45) is 0. The van der Waals surface area contributed by atoms with E-state index in [9.17, 15) is 22.8 Å². The number of nitrogens with one attached hydrogen (secondary N) is 2. The standard InChI is InChI=1S/C23H27N5O5S/c1-4-27(22(30)17-10-12-18(13-11-17)34(32,33)26-15(2)3)19-20(24)28(23(31)25-21(19)29)14-16-8-6-5-7-9-16/h5-13,15,26H,4,14,24H2,1-3H3,(H,25,29,31). The number of benzene rings is 2. The van der Waals surface area contributed by atoms with E-state index in [1.165, 1.54) is 28.8 Å². The van der Waals surface area contributed by atoms with Crippen molar-refractivity contribution in [1.29, 1.82) is 0 Å². The highest BCUT2D eigenvalue weighted by Gasteiger charge is 2.25. The maximum absolute atomic E-state index is 13.2. The van der Waals surface area contributed by atoms with E-state index < -0.39 is 27.2 Å². The molecular weight excluding hydrogens is 458 g/mol. The average Bonchev–Trinajstić information content (AvgIpc) is 2.79. The van der Waals surface area contributed by atoms with Gasteiger partial charge in [0.1, 0.15) is 5.82 Å². The smallest absolute Gasteiger partial charge is 0.330 e. The van der Waals surface area contributed by atoms with Crippen molar-refractivity contribution in [2.75, 3.05) is 17.2 Å². The highest BCUT2D eigenvalue weighted by molar-refractivity contribution is 7.89. The molecule has 0 bridgehead atoms. The highest BCUT2D eigenvalue weighted by Crippen LogP contribution is 2.21. The van der Waals surface area contributed by atoms with E-state index in [-0.39, 0.29) is 41.1 Å². The molecule has 0 fully saturated rings. The summed E-state index contributed by atoms with van der Waals surface area (Å²) in [5, 5.41) is 0. The summed E-state index contributed by atoms with van der Waals surface area (Å²) in [5.74, 6) is -0.710. The van der Waals surface area contributed by atoms with E-state index >= 15 is 0 Å². The summed E-state index contributed by atoms with van der Waals surface area (Å²) in [5.41, 5.74) is 5.53. The zero-order valence-electron chi connectivity index (χ0n) is 19.1. The number of hydrogen-bond donors (Lipinski definition) is 3. The van der Waals surface area contributed by atoms with Gasteiger partial charge in [0.25, 0.3) is 11.5 Å². The molecule has 0 aliphatic rings. The molecule has 34 heavy (non-hydrogen) atoms. The largest absolute Gasteiger partial charge is 0.383 e. The predicted molar refractivity (Wildman–Crippen MR) is 131 cm³/mol. The van der Waals surface area contributed by atoms with Gasteiger partial charge >= 0.3 is 5.69 Å². The Morgan fingerprint density at radius 1 is 1.09 bits per heavy atom. The van der Waals surface area contributed by atoms with Gasteiger partial charge in [-0.3, -0.25) is 19.1 Å². The SMILES string of the molecule is CCN(C(=O)c1ccc(S(=O)(=O)NC(C)C)cc1)c1c(N)n(Cc2ccccc2)c(=O)[nH]c1=O. The fraction of sp³-hybridized carbons (Fsp3) is 0.261. The maximum atomic E-state index is 13.2. The molecular formula is C23H27N5O5S. The van der Waals surface area contributed by atoms with Crippen LogP contribution in [0.1, 0.15) is 36.7 Å². The third-order valence-corrected chi connectivity index (χ3v) is 6.71. The van der Waals surface area contributed by atoms with Crippen molar-refractivity contribution < 1.29 is 13.2 Å². The number of nitrogen functional groups attached to an aromatic ring is 1. The lowest BCUT2D eigenvalue weighted by Crippen LogP contribution is -2.41. The van der Waals surface area contributed by atoms with Crippen LogP contribution < -0.4 is 26.6 Å². The molecule has 10 nitrogen and oxygen atoms in total. The van der Waals surface area contributed by atoms with Crippen LogP contribution in [0.4, 0.5) is 11.5 Å². The Kier molecular flexibility index (Phi) is 7.38. The van der Waals surface area contributed by atoms with Crippen LogP contribution in [0.5, 0.6) is 0 Å². The molecule has 0 spiro atoms. The van der Waals surface area contributed by atoms with E-state index in [0.717, 1.165) is 10.5 Å². The minimum Gasteiger partial charge on any atom is -0.383 e. The molecule has 180 valence electrons. The molecule has 3 rings (SSSR count). The number of anilines is 2. The van der Waals surface area contributed by atoms with Crippen molar-refractivity contribution in [3.63, 3.8) is 0 Å². The first-order valence-corrected chi connectivity index (χ1v) is 12.1. The predicted octanol–water partition coefficient (Wildman–Crippen LogP) is 1.52. The first-order valence-electron chi connectivity index (χ1n) is 10.7. The highest BCUT2D eigenvalue weighted by atomic mass is 32.2. The number of carbonyl (C=O) groups is 1. The lowest BCUT2D eigenvalue weighted by molar-refractivity contribution is 0.0988. The molecule has 1 aromatic heterocycles. The first kappa shape index (κ1) is 24.9. The summed E-state index contributed by atoms with van der Waals surface area (Å²) in [6.45, 7) is 5.26. The second-order valence-electron chi connectivity index (χ2n) is 7.91. The van der Waals surface area contributed by atoms with Crippen molar-refractivity contribution in [2.24, 2.45) is 0 Å². The summed E-state index contributed by atoms with van der Waals surface area (Å²) >= 11 is 0. The van der Waals surface area contributed by atoms with Gasteiger partial charge in [-0.1, -0.05) is 30.3 Å². The Morgan fingerprint density at radius 2 is 1.71 bits per heavy atom. The number of nitrogens with zero attached hydrogens (tertiary/aromatic N) is 2. The Balaban J connectivity index is 1.99. The number of nitrogens with two attached hydrogens (primary N) is 1. The molecule has 0 atom stereocenters. The average molecular weight is 486 g/mol. The van der Waals surface area contributed by atoms with Crippen LogP contribution in [-0.4, -0.2) is 36.5 Å². The molecule has 4 N–H and O–H groups in total. The molecule has 3 aromatic rings. The lowest BCUT2D eigenvalue weighted by atomic mass is 10.2. The number of H-pyrrole nitrogens is 1. The minimum absolute atomic E-state index is 0.00886. The third-order valence-electron chi connectivity index (χ3n) is 5.03. The van der Waals surface area contributed by atoms with Crippen LogP contribution >= 0.6 is 0 Å². The Labute approximate surface area is 197 Å². The van der Waals surface area contributed by atoms with Crippen LogP contribution in [0.2, 0.25) is 0 Å². The van der Waals surface area contributed by atoms with Gasteiger partial charge in [0.2, 0.25) is 10.0 Å². The summed E-state index contributed by atoms with van der Waals surface area (Å²) in [6, 6.07) is 14.1. The molecule has 2 aromatic carbocycles. The van der Waals surface area contributed by atoms with Crippen LogP contribution in [0, 0.1) is 0 Å². The van der Waals surface area contributed by atoms with Crippen LogP contribution in [0.25, 0.3) is 0 Å². The monoisotopic (exact) mass is 485 g/mol. The zero-order valence-corrected chi connectivity index (χ0v) is 19.9. The summed E-state index contributed by atoms with van der Waals surface area (Å²) in [7, 11) is -3.72. The normalized spacial score (nSPS) is 11.5. The Morgan fingerprint density at radius 3 is 2.26 bits per heavy atom. The van der Waals surface area contributed by atoms with Gasteiger partial charge in [-0.15, -0.1) is 0 Å². The number of carbonyl (C=O) groups excluding carboxylic acids is 1. The van der Waals surface area contributed by atoms with E-state index in [1.807, 2.05) is 30.3 Å². The van der Waals surface area contributed by atoms with Crippen LogP contribution in [0.3, 0.4) is 0 Å². The van der Waals surface area contributed by atoms with Gasteiger partial charge in [0, 0.05) is 18.2 Å². The summed E-state index contributed by atoms with van der Waals surface area (Å²) in [4.78, 5) is 41.7. The number of aromatic nitrogens is 2. The molecule has 1 amide bonds. The third kappa shape index (κ3) is 5.26. The minimum atomic E-state index is -3.72. The number of aromatic amines is 1. The molecule has 0 saturated carbocycles. The zero-order chi connectivity index (χ0) is 25.0. The van der Waals surface area contributed by atoms with E-state index in [2.05, 4.69) is 9.71 Å². The molecule has 0 aliphatic carbocycles. The molecule has 0 aliphatic heterocycles. The van der Waals surface area contributed by atoms with Gasteiger partial charge in [-0.2, -0.15) is 0 Å². The van der Waals surface area contributed by atoms with E-state index in [1.54, 1.807) is 20.8 Å². The second kappa shape index (κ2) is 10.1. The van der Waals surface area contributed by atoms with Gasteiger partial charge < -0.3 is 10.6 Å². The Hall–Kier alpha value is -3.70. The molecule has 0 unspecified atom stereocenters. The number of hydrogen-bond acceptors (Lipinski definition) is 6. The van der Waals surface area contributed by atoms with Crippen molar-refractivity contribution in [2.45, 2.75) is 38.3 Å². The molecule has 0 radical (unpaired) electrons. The van der Waals surface area contributed by atoms with Gasteiger partial charge in [-0.05, 0) is 50.6 Å². The first-order chi connectivity index (χ1) is 16.0. The van der Waals surface area contributed by atoms with Crippen molar-refractivity contribution in [3.05, 3.63) is 86.6 Å². The maximum Gasteiger partial charge on any atom is 0.330 e. The quantitative estimate of drug-likeness (QED) is 0.441. The van der Waals surface area contributed by atoms with E-state index in [0.29, 0.717) is 0 Å². The number of sulfonamides is 1. The molecule has 11 heteroatoms. The molecule has 1 heterocycles. The van der Waals surface area contributed by atoms with Crippen molar-refractivity contribution >= 4 is 27.4 Å². The van der Waals surface area contributed by atoms with Crippen LogP contribution in [0.15, 0.2) is 69.1 Å². The topological polar surface area (TPSA) is 147 Å². The van der Waals surface area contributed by atoms with E-state index in [4.69, 9.17) is 5.73 Å². The van der Waals surface area contributed by atoms with Crippen molar-refractivity contribution in [3.8, 4) is 0 Å². The van der Waals surface area contributed by atoms with Gasteiger partial charge in [-0.25, -0.2) is 17.9 Å². The number of rotatable bonds is 8. The van der Waals surface area contributed by atoms with Crippen molar-refractivity contribution in [1.82, 2.24) is 14.3 Å². The van der Waals surface area contributed by atoms with Gasteiger partial charge in [0.05, 0.1) is 11.4 Å². The summed E-state index contributed by atoms with van der Waals surface area (Å²) < 4.78 is 28.3. The Bertz CT molecular complexity index is 1390. The van der Waals surface area contributed by atoms with Gasteiger partial charge in [0.15, 0.2) is 5.69 Å². The fourth-order valence-corrected chi connectivity index (χ4v) is 4.73. The second-order valence-corrected chi connectivity index (χ2v) is 9.63.